The summed E-state index contributed by atoms with van der Waals surface area (Å²) in [6.45, 7) is 28.8. The lowest BCUT2D eigenvalue weighted by Gasteiger charge is -2.35. The Bertz CT molecular complexity index is 2170. The molecular weight excluding hydrogens is 1020 g/mol. The maximum atomic E-state index is 9.30. The molecule has 0 N–H and O–H groups in total. The monoisotopic (exact) mass is 1130 g/mol. The summed E-state index contributed by atoms with van der Waals surface area (Å²) in [7, 11) is 0. The van der Waals surface area contributed by atoms with Crippen molar-refractivity contribution in [3.63, 3.8) is 0 Å². The smallest absolute Gasteiger partial charge is 0.0635 e. The normalized spacial score (nSPS) is 12.6. The molecule has 1 aliphatic rings. The van der Waals surface area contributed by atoms with Crippen molar-refractivity contribution in [1.29, 1.82) is 42.1 Å². The van der Waals surface area contributed by atoms with E-state index in [0.717, 1.165) is 155 Å². The lowest BCUT2D eigenvalue weighted by Crippen LogP contribution is -2.34. The zero-order chi connectivity index (χ0) is 60.6. The molecule has 0 aromatic heterocycles. The quantitative estimate of drug-likeness (QED) is 0.0565. The van der Waals surface area contributed by atoms with Gasteiger partial charge in [-0.05, 0) is 161 Å². The minimum absolute atomic E-state index is 0.0120. The topological polar surface area (TPSA) is 210 Å². The molecule has 14 heteroatoms. The second-order valence-corrected chi connectivity index (χ2v) is 25.2. The average molecular weight is 1130 g/mol. The van der Waals surface area contributed by atoms with Gasteiger partial charge in [-0.2, -0.15) is 42.1 Å². The van der Waals surface area contributed by atoms with E-state index in [1.54, 1.807) is 0 Å². The van der Waals surface area contributed by atoms with Crippen LogP contribution in [0.3, 0.4) is 0 Å². The first-order chi connectivity index (χ1) is 40.1. The van der Waals surface area contributed by atoms with E-state index in [4.69, 9.17) is 0 Å². The molecule has 0 spiro atoms. The number of unbranched alkanes of at least 4 members (excludes halogenated alkanes) is 6. The number of benzene rings is 2. The van der Waals surface area contributed by atoms with Crippen LogP contribution in [0.25, 0.3) is 11.1 Å². The molecule has 0 bridgehead atoms. The molecule has 0 aliphatic heterocycles. The SMILES string of the molecule is CC(C)(C)c1ccc2c(c1)C(CCCCCCN(CCCN(CCC#N)CCC#N)CCCN(CCC#N)CCC#N)(CCCCCCN(CCCN(CCC#N)CCC#N)CCCN(CCC#N)CCC#N)c1cc(C(C)(C)C)ccc1-2. The van der Waals surface area contributed by atoms with Gasteiger partial charge < -0.3 is 29.4 Å². The Kier molecular flexibility index (Phi) is 35.4. The second kappa shape index (κ2) is 41.2. The van der Waals surface area contributed by atoms with Crippen molar-refractivity contribution in [2.24, 2.45) is 0 Å². The van der Waals surface area contributed by atoms with Crippen molar-refractivity contribution in [1.82, 2.24) is 29.4 Å². The van der Waals surface area contributed by atoms with Crippen LogP contribution in [-0.4, -0.2) is 147 Å². The van der Waals surface area contributed by atoms with Crippen LogP contribution in [-0.2, 0) is 16.2 Å². The van der Waals surface area contributed by atoms with Crippen LogP contribution >= 0.6 is 0 Å². The zero-order valence-corrected chi connectivity index (χ0v) is 52.5. The van der Waals surface area contributed by atoms with E-state index in [1.807, 2.05) is 0 Å². The number of hydrogen-bond acceptors (Lipinski definition) is 14. The van der Waals surface area contributed by atoms with Gasteiger partial charge in [0, 0.05) is 109 Å². The van der Waals surface area contributed by atoms with E-state index in [-0.39, 0.29) is 16.2 Å². The minimum atomic E-state index is -0.0941. The summed E-state index contributed by atoms with van der Waals surface area (Å²) in [5.74, 6) is 0. The van der Waals surface area contributed by atoms with Crippen molar-refractivity contribution < 1.29 is 0 Å². The molecule has 0 fully saturated rings. The number of fused-ring (bicyclic) bond motifs is 3. The Morgan fingerprint density at radius 2 is 0.506 bits per heavy atom. The van der Waals surface area contributed by atoms with Crippen molar-refractivity contribution >= 4 is 0 Å². The molecule has 0 saturated carbocycles. The first kappa shape index (κ1) is 71.4. The van der Waals surface area contributed by atoms with Crippen LogP contribution in [0.2, 0.25) is 0 Å². The summed E-state index contributed by atoms with van der Waals surface area (Å²) in [5.41, 5.74) is 8.52. The number of nitriles is 8. The van der Waals surface area contributed by atoms with Crippen LogP contribution in [0.4, 0.5) is 0 Å². The fourth-order valence-electron chi connectivity index (χ4n) is 12.1. The summed E-state index contributed by atoms with van der Waals surface area (Å²) in [5, 5.41) is 74.4. The van der Waals surface area contributed by atoms with Gasteiger partial charge >= 0.3 is 0 Å². The van der Waals surface area contributed by atoms with Gasteiger partial charge in [-0.15, -0.1) is 0 Å². The summed E-state index contributed by atoms with van der Waals surface area (Å²) in [6.07, 6.45) is 18.9. The molecule has 0 amide bonds. The molecule has 14 nitrogen and oxygen atoms in total. The minimum Gasteiger partial charge on any atom is -0.303 e. The molecule has 1 aliphatic carbocycles. The Balaban J connectivity index is 1.84. The third kappa shape index (κ3) is 27.1. The Morgan fingerprint density at radius 1 is 0.289 bits per heavy atom. The first-order valence-corrected chi connectivity index (χ1v) is 31.7. The molecule has 0 radical (unpaired) electrons. The van der Waals surface area contributed by atoms with Gasteiger partial charge in [0.25, 0.3) is 0 Å². The number of rotatable bonds is 46. The van der Waals surface area contributed by atoms with Crippen molar-refractivity contribution in [3.05, 3.63) is 58.7 Å². The van der Waals surface area contributed by atoms with Gasteiger partial charge in [0.15, 0.2) is 0 Å². The predicted octanol–water partition coefficient (Wildman–Crippen LogP) is 13.1. The predicted molar refractivity (Wildman–Crippen MR) is 335 cm³/mol. The van der Waals surface area contributed by atoms with Gasteiger partial charge in [-0.25, -0.2) is 0 Å². The Labute approximate surface area is 504 Å². The lowest BCUT2D eigenvalue weighted by molar-refractivity contribution is 0.208. The van der Waals surface area contributed by atoms with Crippen LogP contribution in [0.5, 0.6) is 0 Å². The molecule has 0 saturated heterocycles. The number of nitrogens with zero attached hydrogens (tertiary/aromatic N) is 14. The van der Waals surface area contributed by atoms with Crippen LogP contribution < -0.4 is 0 Å². The highest BCUT2D eigenvalue weighted by atomic mass is 15.2. The lowest BCUT2D eigenvalue weighted by atomic mass is 9.69. The van der Waals surface area contributed by atoms with E-state index >= 15 is 0 Å². The first-order valence-electron chi connectivity index (χ1n) is 31.7. The van der Waals surface area contributed by atoms with E-state index < -0.39 is 0 Å². The van der Waals surface area contributed by atoms with Gasteiger partial charge in [-0.1, -0.05) is 116 Å². The van der Waals surface area contributed by atoms with Crippen molar-refractivity contribution in [2.45, 2.75) is 199 Å². The fourth-order valence-corrected chi connectivity index (χ4v) is 12.1. The van der Waals surface area contributed by atoms with Crippen molar-refractivity contribution in [3.8, 4) is 59.7 Å². The highest BCUT2D eigenvalue weighted by Gasteiger charge is 2.43. The molecule has 83 heavy (non-hydrogen) atoms. The van der Waals surface area contributed by atoms with Gasteiger partial charge in [0.1, 0.15) is 0 Å². The molecule has 450 valence electrons. The molecule has 0 atom stereocenters. The summed E-state index contributed by atoms with van der Waals surface area (Å²) in [6, 6.07) is 33.0. The van der Waals surface area contributed by atoms with Gasteiger partial charge in [-0.3, -0.25) is 0 Å². The highest BCUT2D eigenvalue weighted by Crippen LogP contribution is 2.55. The highest BCUT2D eigenvalue weighted by molar-refractivity contribution is 5.82. The summed E-state index contributed by atoms with van der Waals surface area (Å²) >= 11 is 0. The molecule has 2 aromatic rings. The molecule has 0 unspecified atom stereocenters. The van der Waals surface area contributed by atoms with E-state index in [0.29, 0.717) is 104 Å². The summed E-state index contributed by atoms with van der Waals surface area (Å²) < 4.78 is 0. The molecular formula is C69H104N14. The Hall–Kier alpha value is -5.88. The van der Waals surface area contributed by atoms with E-state index in [2.05, 4.69) is 156 Å². The standard InChI is InChI=1S/C69H104N14/c1-67(2,3)61-27-29-63-64-30-28-62(68(4,5)6)60-66(64)69(65(63)59-61,31-11-7-9-13-41-78(51-23-55-80(43-15-33-70)44-16-34-71)52-24-56-81(45-17-35-72)46-18-36-73)32-12-8-10-14-42-79(53-25-57-82(47-19-37-74)48-20-38-75)54-26-58-83(49-21-39-76)50-22-40-77/h27-30,59-60H,7-26,31-32,41-58H2,1-6H3. The summed E-state index contributed by atoms with van der Waals surface area (Å²) in [4.78, 5) is 14.2. The maximum Gasteiger partial charge on any atom is 0.0635 e. The second-order valence-electron chi connectivity index (χ2n) is 25.2. The number of hydrogen-bond donors (Lipinski definition) is 0. The largest absolute Gasteiger partial charge is 0.303 e. The van der Waals surface area contributed by atoms with E-state index in [9.17, 15) is 42.1 Å². The maximum absolute atomic E-state index is 9.30. The van der Waals surface area contributed by atoms with Crippen molar-refractivity contribution in [2.75, 3.05) is 118 Å². The van der Waals surface area contributed by atoms with Crippen LogP contribution in [0.15, 0.2) is 36.4 Å². The average Bonchev–Trinajstić information content (AvgIpc) is 1.93. The third-order valence-corrected chi connectivity index (χ3v) is 16.9. The molecule has 2 aromatic carbocycles. The Morgan fingerprint density at radius 3 is 0.735 bits per heavy atom. The zero-order valence-electron chi connectivity index (χ0n) is 52.5. The van der Waals surface area contributed by atoms with E-state index in [1.165, 1.54) is 33.4 Å². The fraction of sp³-hybridized carbons (Fsp3) is 0.710. The molecule has 0 heterocycles. The van der Waals surface area contributed by atoms with Crippen LogP contribution in [0.1, 0.15) is 205 Å². The third-order valence-electron chi connectivity index (χ3n) is 16.9. The molecule has 3 rings (SSSR count). The van der Waals surface area contributed by atoms with Gasteiger partial charge in [0.2, 0.25) is 0 Å². The van der Waals surface area contributed by atoms with Gasteiger partial charge in [0.05, 0.1) is 48.6 Å². The van der Waals surface area contributed by atoms with Crippen LogP contribution in [0, 0.1) is 90.6 Å².